The maximum atomic E-state index is 4.77. The van der Waals surface area contributed by atoms with E-state index in [0.29, 0.717) is 0 Å². The van der Waals surface area contributed by atoms with Crippen molar-refractivity contribution in [2.45, 2.75) is 58.3 Å². The Balaban J connectivity index is 1.73. The third kappa shape index (κ3) is 5.21. The van der Waals surface area contributed by atoms with E-state index >= 15 is 0 Å². The second-order valence-corrected chi connectivity index (χ2v) is 5.68. The Morgan fingerprint density at radius 2 is 2.16 bits per heavy atom. The third-order valence-corrected chi connectivity index (χ3v) is 3.97. The fourth-order valence-corrected chi connectivity index (χ4v) is 2.72. The summed E-state index contributed by atoms with van der Waals surface area (Å²) in [5.41, 5.74) is 0. The minimum atomic E-state index is 0.818. The highest BCUT2D eigenvalue weighted by Crippen LogP contribution is 2.23. The summed E-state index contributed by atoms with van der Waals surface area (Å²) >= 11 is 0. The topological polar surface area (TPSA) is 48.8 Å². The van der Waals surface area contributed by atoms with Gasteiger partial charge in [0.25, 0.3) is 0 Å². The summed E-state index contributed by atoms with van der Waals surface area (Å²) in [5.74, 6) is 2.86. The molecular formula is C15H28N4. The Morgan fingerprint density at radius 3 is 2.95 bits per heavy atom. The van der Waals surface area contributed by atoms with Crippen molar-refractivity contribution in [1.82, 2.24) is 10.6 Å². The molecule has 0 atom stereocenters. The first-order valence-electron chi connectivity index (χ1n) is 7.97. The molecule has 0 bridgehead atoms. The number of hydrogen-bond acceptors (Lipinski definition) is 3. The molecule has 2 rings (SSSR count). The molecule has 0 aromatic heterocycles. The summed E-state index contributed by atoms with van der Waals surface area (Å²) in [4.78, 5) is 9.23. The Morgan fingerprint density at radius 1 is 1.32 bits per heavy atom. The molecule has 0 aromatic carbocycles. The quantitative estimate of drug-likeness (QED) is 0.750. The zero-order valence-electron chi connectivity index (χ0n) is 12.2. The molecule has 0 amide bonds. The molecule has 19 heavy (non-hydrogen) atoms. The highest BCUT2D eigenvalue weighted by molar-refractivity contribution is 6.01. The summed E-state index contributed by atoms with van der Waals surface area (Å²) in [6, 6.07) is 0. The molecule has 0 saturated heterocycles. The average Bonchev–Trinajstić information content (AvgIpc) is 2.47. The van der Waals surface area contributed by atoms with Crippen molar-refractivity contribution in [2.24, 2.45) is 15.9 Å². The maximum absolute atomic E-state index is 4.77. The molecule has 4 nitrogen and oxygen atoms in total. The summed E-state index contributed by atoms with van der Waals surface area (Å²) in [6.07, 6.45) is 10.3. The van der Waals surface area contributed by atoms with Crippen LogP contribution in [0.25, 0.3) is 0 Å². The fourth-order valence-electron chi connectivity index (χ4n) is 2.72. The van der Waals surface area contributed by atoms with Crippen LogP contribution in [0, 0.1) is 5.92 Å². The molecule has 1 aliphatic carbocycles. The molecule has 2 N–H and O–H groups in total. The lowest BCUT2D eigenvalue weighted by Gasteiger charge is -2.22. The molecule has 0 spiro atoms. The second kappa shape index (κ2) is 8.18. The Bertz CT molecular complexity index is 316. The van der Waals surface area contributed by atoms with Crippen LogP contribution < -0.4 is 10.6 Å². The molecule has 0 radical (unpaired) electrons. The minimum absolute atomic E-state index is 0.818. The van der Waals surface area contributed by atoms with Crippen LogP contribution in [-0.2, 0) is 0 Å². The number of guanidine groups is 1. The van der Waals surface area contributed by atoms with Crippen LogP contribution in [0.1, 0.15) is 58.3 Å². The average molecular weight is 264 g/mol. The SMILES string of the molecule is CCCCNC1=NCCC(=NCC2CCCCC2)N1. The van der Waals surface area contributed by atoms with Gasteiger partial charge in [-0.15, -0.1) is 0 Å². The van der Waals surface area contributed by atoms with Crippen LogP contribution in [0.15, 0.2) is 9.98 Å². The van der Waals surface area contributed by atoms with Crippen molar-refractivity contribution in [2.75, 3.05) is 19.6 Å². The molecular weight excluding hydrogens is 236 g/mol. The number of rotatable bonds is 5. The van der Waals surface area contributed by atoms with Crippen LogP contribution in [-0.4, -0.2) is 31.4 Å². The second-order valence-electron chi connectivity index (χ2n) is 5.68. The van der Waals surface area contributed by atoms with E-state index in [0.717, 1.165) is 43.8 Å². The van der Waals surface area contributed by atoms with Gasteiger partial charge in [0.2, 0.25) is 0 Å². The number of nitrogens with one attached hydrogen (secondary N) is 2. The van der Waals surface area contributed by atoms with Crippen molar-refractivity contribution in [3.05, 3.63) is 0 Å². The summed E-state index contributed by atoms with van der Waals surface area (Å²) < 4.78 is 0. The van der Waals surface area contributed by atoms with Gasteiger partial charge in [0.1, 0.15) is 5.84 Å². The number of aliphatic imine (C=N–C) groups is 2. The highest BCUT2D eigenvalue weighted by atomic mass is 15.2. The van der Waals surface area contributed by atoms with Crippen molar-refractivity contribution < 1.29 is 0 Å². The van der Waals surface area contributed by atoms with Crippen LogP contribution >= 0.6 is 0 Å². The Labute approximate surface area is 117 Å². The van der Waals surface area contributed by atoms with Gasteiger partial charge >= 0.3 is 0 Å². The van der Waals surface area contributed by atoms with E-state index in [1.54, 1.807) is 0 Å². The van der Waals surface area contributed by atoms with Gasteiger partial charge in [-0.05, 0) is 25.2 Å². The van der Waals surface area contributed by atoms with Crippen molar-refractivity contribution in [3.63, 3.8) is 0 Å². The van der Waals surface area contributed by atoms with E-state index in [4.69, 9.17) is 4.99 Å². The number of hydrogen-bond donors (Lipinski definition) is 2. The highest BCUT2D eigenvalue weighted by Gasteiger charge is 2.14. The molecule has 1 aliphatic heterocycles. The molecule has 1 fully saturated rings. The lowest BCUT2D eigenvalue weighted by molar-refractivity contribution is 0.366. The molecule has 1 saturated carbocycles. The first kappa shape index (κ1) is 14.4. The van der Waals surface area contributed by atoms with Gasteiger partial charge in [0, 0.05) is 26.1 Å². The molecule has 2 aliphatic rings. The summed E-state index contributed by atoms with van der Waals surface area (Å²) in [5, 5.41) is 6.69. The van der Waals surface area contributed by atoms with Gasteiger partial charge in [-0.25, -0.2) is 0 Å². The monoisotopic (exact) mass is 264 g/mol. The minimum Gasteiger partial charge on any atom is -0.356 e. The van der Waals surface area contributed by atoms with E-state index in [9.17, 15) is 0 Å². The lowest BCUT2D eigenvalue weighted by atomic mass is 9.89. The van der Waals surface area contributed by atoms with E-state index in [2.05, 4.69) is 22.5 Å². The zero-order chi connectivity index (χ0) is 13.3. The smallest absolute Gasteiger partial charge is 0.196 e. The van der Waals surface area contributed by atoms with E-state index in [1.807, 2.05) is 0 Å². The Kier molecular flexibility index (Phi) is 6.18. The molecule has 0 aromatic rings. The van der Waals surface area contributed by atoms with Crippen molar-refractivity contribution in [1.29, 1.82) is 0 Å². The van der Waals surface area contributed by atoms with Crippen LogP contribution in [0.2, 0.25) is 0 Å². The molecule has 1 heterocycles. The van der Waals surface area contributed by atoms with E-state index in [1.165, 1.54) is 44.9 Å². The fraction of sp³-hybridized carbons (Fsp3) is 0.867. The first-order chi connectivity index (χ1) is 9.38. The zero-order valence-corrected chi connectivity index (χ0v) is 12.2. The van der Waals surface area contributed by atoms with Crippen LogP contribution in [0.4, 0.5) is 0 Å². The molecule has 4 heteroatoms. The lowest BCUT2D eigenvalue weighted by Crippen LogP contribution is -2.44. The largest absolute Gasteiger partial charge is 0.356 e. The number of unbranched alkanes of at least 4 members (excludes halogenated alkanes) is 1. The summed E-state index contributed by atoms with van der Waals surface area (Å²) in [7, 11) is 0. The van der Waals surface area contributed by atoms with E-state index in [-0.39, 0.29) is 0 Å². The number of amidine groups is 1. The normalized spacial score (nSPS) is 23.0. The van der Waals surface area contributed by atoms with Gasteiger partial charge in [-0.3, -0.25) is 9.98 Å². The van der Waals surface area contributed by atoms with Gasteiger partial charge in [-0.2, -0.15) is 0 Å². The predicted molar refractivity (Wildman–Crippen MR) is 81.8 cm³/mol. The standard InChI is InChI=1S/C15H28N4/c1-2-3-10-16-15-17-11-9-14(19-15)18-12-13-7-5-4-6-8-13/h13H,2-12H2,1H3,(H2,16,17,18,19). The molecule has 0 unspecified atom stereocenters. The Hall–Kier alpha value is -1.06. The van der Waals surface area contributed by atoms with Crippen molar-refractivity contribution >= 4 is 11.8 Å². The van der Waals surface area contributed by atoms with Gasteiger partial charge in [0.05, 0.1) is 0 Å². The van der Waals surface area contributed by atoms with Crippen molar-refractivity contribution in [3.8, 4) is 0 Å². The number of nitrogens with zero attached hydrogens (tertiary/aromatic N) is 2. The third-order valence-electron chi connectivity index (χ3n) is 3.97. The predicted octanol–water partition coefficient (Wildman–Crippen LogP) is 2.70. The maximum Gasteiger partial charge on any atom is 0.196 e. The molecule has 108 valence electrons. The first-order valence-corrected chi connectivity index (χ1v) is 7.97. The van der Waals surface area contributed by atoms with Crippen LogP contribution in [0.5, 0.6) is 0 Å². The summed E-state index contributed by atoms with van der Waals surface area (Å²) in [6.45, 7) is 5.07. The van der Waals surface area contributed by atoms with Gasteiger partial charge in [0.15, 0.2) is 5.96 Å². The van der Waals surface area contributed by atoms with Gasteiger partial charge in [-0.1, -0.05) is 32.6 Å². The van der Waals surface area contributed by atoms with Gasteiger partial charge < -0.3 is 10.6 Å². The van der Waals surface area contributed by atoms with E-state index < -0.39 is 0 Å². The van der Waals surface area contributed by atoms with Crippen LogP contribution in [0.3, 0.4) is 0 Å².